The number of hydrogen-bond donors (Lipinski definition) is 2. The number of nitrogens with two attached hydrogens (primary N) is 1. The Bertz CT molecular complexity index is 307. The van der Waals surface area contributed by atoms with Gasteiger partial charge in [-0.1, -0.05) is 0 Å². The first-order chi connectivity index (χ1) is 7.61. The van der Waals surface area contributed by atoms with Crippen LogP contribution in [0.4, 0.5) is 0 Å². The van der Waals surface area contributed by atoms with Crippen LogP contribution >= 0.6 is 0 Å². The van der Waals surface area contributed by atoms with Gasteiger partial charge >= 0.3 is 5.97 Å². The SMILES string of the molecule is CC(=O)CNC(=O)C(N)CC(=O)OC(C)(C)C. The smallest absolute Gasteiger partial charge is 0.308 e. The summed E-state index contributed by atoms with van der Waals surface area (Å²) in [5.74, 6) is -1.25. The maximum Gasteiger partial charge on any atom is 0.308 e. The quantitative estimate of drug-likeness (QED) is 0.650. The van der Waals surface area contributed by atoms with Gasteiger partial charge in [0.1, 0.15) is 11.4 Å². The van der Waals surface area contributed by atoms with E-state index in [1.165, 1.54) is 6.92 Å². The second-order valence-electron chi connectivity index (χ2n) is 4.82. The van der Waals surface area contributed by atoms with Crippen LogP contribution < -0.4 is 11.1 Å². The molecule has 1 unspecified atom stereocenters. The molecule has 0 aliphatic carbocycles. The van der Waals surface area contributed by atoms with Gasteiger partial charge in [-0.2, -0.15) is 0 Å². The average molecular weight is 244 g/mol. The third-order valence-electron chi connectivity index (χ3n) is 1.65. The number of amides is 1. The highest BCUT2D eigenvalue weighted by Crippen LogP contribution is 2.08. The Hall–Kier alpha value is -1.43. The highest BCUT2D eigenvalue weighted by Gasteiger charge is 2.22. The summed E-state index contributed by atoms with van der Waals surface area (Å²) in [7, 11) is 0. The zero-order chi connectivity index (χ0) is 13.6. The van der Waals surface area contributed by atoms with Gasteiger partial charge in [-0.15, -0.1) is 0 Å². The molecule has 17 heavy (non-hydrogen) atoms. The molecule has 1 amide bonds. The molecule has 0 aliphatic rings. The van der Waals surface area contributed by atoms with Crippen molar-refractivity contribution in [2.24, 2.45) is 5.73 Å². The Morgan fingerprint density at radius 1 is 1.29 bits per heavy atom. The van der Waals surface area contributed by atoms with Gasteiger partial charge in [-0.3, -0.25) is 14.4 Å². The van der Waals surface area contributed by atoms with Gasteiger partial charge in [0, 0.05) is 0 Å². The van der Waals surface area contributed by atoms with E-state index in [1.54, 1.807) is 20.8 Å². The minimum atomic E-state index is -0.996. The first-order valence-corrected chi connectivity index (χ1v) is 5.36. The molecular formula is C11H20N2O4. The molecule has 3 N–H and O–H groups in total. The molecule has 0 aromatic rings. The minimum Gasteiger partial charge on any atom is -0.460 e. The van der Waals surface area contributed by atoms with Crippen LogP contribution in [0.2, 0.25) is 0 Å². The molecule has 0 aromatic heterocycles. The van der Waals surface area contributed by atoms with E-state index in [2.05, 4.69) is 5.32 Å². The fourth-order valence-electron chi connectivity index (χ4n) is 0.998. The molecule has 0 aromatic carbocycles. The predicted octanol–water partition coefficient (Wildman–Crippen LogP) is -0.249. The van der Waals surface area contributed by atoms with Crippen molar-refractivity contribution in [3.8, 4) is 0 Å². The Morgan fingerprint density at radius 3 is 2.24 bits per heavy atom. The van der Waals surface area contributed by atoms with Gasteiger partial charge in [0.2, 0.25) is 5.91 Å². The second-order valence-corrected chi connectivity index (χ2v) is 4.82. The third-order valence-corrected chi connectivity index (χ3v) is 1.65. The fourth-order valence-corrected chi connectivity index (χ4v) is 0.998. The average Bonchev–Trinajstić information content (AvgIpc) is 2.10. The molecule has 0 aliphatic heterocycles. The van der Waals surface area contributed by atoms with Crippen molar-refractivity contribution >= 4 is 17.7 Å². The Balaban J connectivity index is 4.08. The summed E-state index contributed by atoms with van der Waals surface area (Å²) in [5.41, 5.74) is 4.89. The van der Waals surface area contributed by atoms with Crippen LogP contribution in [0.3, 0.4) is 0 Å². The molecule has 1 atom stereocenters. The standard InChI is InChI=1S/C11H20N2O4/c1-7(14)6-13-10(16)8(12)5-9(15)17-11(2,3)4/h8H,5-6,12H2,1-4H3,(H,13,16). The lowest BCUT2D eigenvalue weighted by Gasteiger charge is -2.20. The second kappa shape index (κ2) is 6.34. The third kappa shape index (κ3) is 8.38. The van der Waals surface area contributed by atoms with Crippen molar-refractivity contribution in [1.29, 1.82) is 0 Å². The summed E-state index contributed by atoms with van der Waals surface area (Å²) in [6.45, 7) is 6.45. The van der Waals surface area contributed by atoms with E-state index >= 15 is 0 Å². The van der Waals surface area contributed by atoms with E-state index in [4.69, 9.17) is 10.5 Å². The summed E-state index contributed by atoms with van der Waals surface area (Å²) in [5, 5.41) is 2.33. The topological polar surface area (TPSA) is 98.5 Å². The zero-order valence-corrected chi connectivity index (χ0v) is 10.7. The number of rotatable bonds is 5. The number of hydrogen-bond acceptors (Lipinski definition) is 5. The monoisotopic (exact) mass is 244 g/mol. The number of ketones is 1. The predicted molar refractivity (Wildman–Crippen MR) is 62.1 cm³/mol. The maximum atomic E-state index is 11.4. The molecule has 0 saturated carbocycles. The largest absolute Gasteiger partial charge is 0.460 e. The van der Waals surface area contributed by atoms with Gasteiger partial charge in [0.15, 0.2) is 0 Å². The number of esters is 1. The lowest BCUT2D eigenvalue weighted by Crippen LogP contribution is -2.44. The lowest BCUT2D eigenvalue weighted by molar-refractivity contribution is -0.156. The van der Waals surface area contributed by atoms with Gasteiger partial charge in [0.25, 0.3) is 0 Å². The molecule has 98 valence electrons. The lowest BCUT2D eigenvalue weighted by atomic mass is 10.1. The van der Waals surface area contributed by atoms with E-state index in [-0.39, 0.29) is 18.7 Å². The summed E-state index contributed by atoms with van der Waals surface area (Å²) in [4.78, 5) is 33.3. The summed E-state index contributed by atoms with van der Waals surface area (Å²) < 4.78 is 5.02. The van der Waals surface area contributed by atoms with Crippen LogP contribution in [0.25, 0.3) is 0 Å². The Morgan fingerprint density at radius 2 is 1.82 bits per heavy atom. The van der Waals surface area contributed by atoms with Crippen molar-refractivity contribution in [3.05, 3.63) is 0 Å². The first kappa shape index (κ1) is 15.6. The molecule has 0 fully saturated rings. The number of carbonyl (C=O) groups excluding carboxylic acids is 3. The minimum absolute atomic E-state index is 0.0825. The number of Topliss-reactive ketones (excluding diaryl/α,β-unsaturated/α-hetero) is 1. The van der Waals surface area contributed by atoms with E-state index in [0.29, 0.717) is 0 Å². The molecule has 0 rings (SSSR count). The summed E-state index contributed by atoms with van der Waals surface area (Å²) in [6.07, 6.45) is -0.207. The fraction of sp³-hybridized carbons (Fsp3) is 0.727. The van der Waals surface area contributed by atoms with Crippen molar-refractivity contribution in [3.63, 3.8) is 0 Å². The van der Waals surface area contributed by atoms with Crippen molar-refractivity contribution < 1.29 is 19.1 Å². The van der Waals surface area contributed by atoms with Crippen LogP contribution in [0, 0.1) is 0 Å². The normalized spacial score (nSPS) is 12.8. The number of carbonyl (C=O) groups is 3. The maximum absolute atomic E-state index is 11.4. The van der Waals surface area contributed by atoms with Crippen LogP contribution in [0.1, 0.15) is 34.1 Å². The highest BCUT2D eigenvalue weighted by atomic mass is 16.6. The van der Waals surface area contributed by atoms with E-state index in [9.17, 15) is 14.4 Å². The number of ether oxygens (including phenoxy) is 1. The van der Waals surface area contributed by atoms with Crippen LogP contribution in [0.15, 0.2) is 0 Å². The molecule has 0 heterocycles. The van der Waals surface area contributed by atoms with E-state index in [0.717, 1.165) is 0 Å². The van der Waals surface area contributed by atoms with E-state index in [1.807, 2.05) is 0 Å². The molecule has 6 nitrogen and oxygen atoms in total. The van der Waals surface area contributed by atoms with Gasteiger partial charge in [-0.05, 0) is 27.7 Å². The molecular weight excluding hydrogens is 224 g/mol. The number of nitrogens with one attached hydrogen (secondary N) is 1. The zero-order valence-electron chi connectivity index (χ0n) is 10.7. The van der Waals surface area contributed by atoms with E-state index < -0.39 is 23.5 Å². The van der Waals surface area contributed by atoms with Crippen LogP contribution in [-0.2, 0) is 19.1 Å². The molecule has 0 radical (unpaired) electrons. The van der Waals surface area contributed by atoms with Gasteiger partial charge in [-0.25, -0.2) is 0 Å². The molecule has 0 spiro atoms. The van der Waals surface area contributed by atoms with Gasteiger partial charge < -0.3 is 15.8 Å². The summed E-state index contributed by atoms with van der Waals surface area (Å²) in [6, 6.07) is -0.996. The Labute approximate surface area is 101 Å². The van der Waals surface area contributed by atoms with Gasteiger partial charge in [0.05, 0.1) is 19.0 Å². The Kier molecular flexibility index (Phi) is 5.81. The summed E-state index contributed by atoms with van der Waals surface area (Å²) >= 11 is 0. The van der Waals surface area contributed by atoms with Crippen LogP contribution in [-0.4, -0.2) is 35.8 Å². The molecule has 6 heteroatoms. The first-order valence-electron chi connectivity index (χ1n) is 5.36. The molecule has 0 saturated heterocycles. The van der Waals surface area contributed by atoms with Crippen molar-refractivity contribution in [2.75, 3.05) is 6.54 Å². The van der Waals surface area contributed by atoms with Crippen molar-refractivity contribution in [1.82, 2.24) is 5.32 Å². The molecule has 0 bridgehead atoms. The highest BCUT2D eigenvalue weighted by molar-refractivity contribution is 5.89. The van der Waals surface area contributed by atoms with Crippen LogP contribution in [0.5, 0.6) is 0 Å². The van der Waals surface area contributed by atoms with Crippen molar-refractivity contribution in [2.45, 2.75) is 45.8 Å².